The summed E-state index contributed by atoms with van der Waals surface area (Å²) >= 11 is 3.35. The Kier molecular flexibility index (Phi) is 5.99. The highest BCUT2D eigenvalue weighted by Gasteiger charge is 2.16. The fourth-order valence-electron chi connectivity index (χ4n) is 1.35. The fourth-order valence-corrected chi connectivity index (χ4v) is 1.86. The highest BCUT2D eigenvalue weighted by molar-refractivity contribution is 9.10. The molecule has 0 aliphatic heterocycles. The number of hydrogen-bond donors (Lipinski definition) is 0. The molecule has 0 saturated heterocycles. The van der Waals surface area contributed by atoms with Crippen molar-refractivity contribution in [3.63, 3.8) is 0 Å². The molecular formula is C14H19BrO3. The van der Waals surface area contributed by atoms with E-state index in [1.54, 1.807) is 13.2 Å². The molecule has 0 spiro atoms. The van der Waals surface area contributed by atoms with Crippen LogP contribution >= 0.6 is 15.9 Å². The second kappa shape index (κ2) is 7.02. The summed E-state index contributed by atoms with van der Waals surface area (Å²) in [4.78, 5) is 11.9. The van der Waals surface area contributed by atoms with E-state index in [1.807, 2.05) is 32.0 Å². The Bertz CT molecular complexity index is 402. The molecule has 0 saturated carbocycles. The minimum atomic E-state index is -0.212. The van der Waals surface area contributed by atoms with Crippen molar-refractivity contribution in [3.05, 3.63) is 34.3 Å². The normalized spacial score (nSPS) is 11.6. The van der Waals surface area contributed by atoms with Gasteiger partial charge in [0.15, 0.2) is 5.78 Å². The maximum Gasteiger partial charge on any atom is 0.189 e. The number of halogens is 1. The maximum absolute atomic E-state index is 11.9. The zero-order valence-corrected chi connectivity index (χ0v) is 12.6. The smallest absolute Gasteiger partial charge is 0.189 e. The van der Waals surface area contributed by atoms with E-state index >= 15 is 0 Å². The third-order valence-electron chi connectivity index (χ3n) is 2.81. The van der Waals surface area contributed by atoms with Crippen LogP contribution in [0.2, 0.25) is 0 Å². The molecule has 1 rings (SSSR count). The molecular weight excluding hydrogens is 296 g/mol. The van der Waals surface area contributed by atoms with Gasteiger partial charge in [-0.3, -0.25) is 4.79 Å². The van der Waals surface area contributed by atoms with Gasteiger partial charge in [-0.25, -0.2) is 0 Å². The van der Waals surface area contributed by atoms with Gasteiger partial charge in [0.25, 0.3) is 0 Å². The summed E-state index contributed by atoms with van der Waals surface area (Å²) in [6, 6.07) is 7.35. The summed E-state index contributed by atoms with van der Waals surface area (Å²) in [6.07, 6.45) is 0.757. The van der Waals surface area contributed by atoms with Crippen molar-refractivity contribution in [1.82, 2.24) is 0 Å². The van der Waals surface area contributed by atoms with Gasteiger partial charge in [0.05, 0.1) is 5.60 Å². The van der Waals surface area contributed by atoms with Gasteiger partial charge in [-0.05, 0) is 26.3 Å². The first kappa shape index (κ1) is 15.3. The number of benzene rings is 1. The molecule has 0 fully saturated rings. The summed E-state index contributed by atoms with van der Waals surface area (Å²) in [5.74, 6) is -0.0160. The Hall–Kier alpha value is -0.710. The van der Waals surface area contributed by atoms with Crippen LogP contribution in [0.15, 0.2) is 28.7 Å². The van der Waals surface area contributed by atoms with Crippen molar-refractivity contribution in [2.75, 3.05) is 20.3 Å². The number of carbonyl (C=O) groups excluding carboxylic acids is 1. The number of methoxy groups -OCH3 is 1. The van der Waals surface area contributed by atoms with Crippen LogP contribution in [0, 0.1) is 0 Å². The number of carbonyl (C=O) groups is 1. The molecule has 1 aromatic carbocycles. The molecule has 0 amide bonds. The summed E-state index contributed by atoms with van der Waals surface area (Å²) < 4.78 is 11.5. The van der Waals surface area contributed by atoms with E-state index in [-0.39, 0.29) is 18.0 Å². The Morgan fingerprint density at radius 3 is 2.61 bits per heavy atom. The van der Waals surface area contributed by atoms with E-state index < -0.39 is 0 Å². The lowest BCUT2D eigenvalue weighted by Crippen LogP contribution is -2.25. The summed E-state index contributed by atoms with van der Waals surface area (Å²) in [6.45, 7) is 4.59. The van der Waals surface area contributed by atoms with Crippen LogP contribution < -0.4 is 0 Å². The predicted octanol–water partition coefficient (Wildman–Crippen LogP) is 3.46. The second-order valence-corrected chi connectivity index (χ2v) is 5.52. The summed E-state index contributed by atoms with van der Waals surface area (Å²) in [5, 5.41) is 0. The molecule has 0 radical (unpaired) electrons. The number of ether oxygens (including phenoxy) is 2. The van der Waals surface area contributed by atoms with Gasteiger partial charge in [0, 0.05) is 23.8 Å². The molecule has 0 aromatic heterocycles. The summed E-state index contributed by atoms with van der Waals surface area (Å²) in [7, 11) is 1.67. The Morgan fingerprint density at radius 2 is 2.00 bits per heavy atom. The second-order valence-electron chi connectivity index (χ2n) is 4.67. The van der Waals surface area contributed by atoms with Crippen molar-refractivity contribution in [1.29, 1.82) is 0 Å². The van der Waals surface area contributed by atoms with Crippen LogP contribution in [-0.4, -0.2) is 31.7 Å². The largest absolute Gasteiger partial charge is 0.379 e. The zero-order valence-electron chi connectivity index (χ0n) is 11.0. The van der Waals surface area contributed by atoms with Crippen molar-refractivity contribution in [2.45, 2.75) is 25.9 Å². The molecule has 4 heteroatoms. The standard InChI is InChI=1S/C14H19BrO3/c1-14(2,17-3)8-9-18-10-13(16)11-6-4-5-7-12(11)15/h4-7H,8-10H2,1-3H3. The first-order valence-electron chi connectivity index (χ1n) is 5.87. The molecule has 100 valence electrons. The van der Waals surface area contributed by atoms with Crippen LogP contribution in [0.4, 0.5) is 0 Å². The predicted molar refractivity (Wildman–Crippen MR) is 75.0 cm³/mol. The van der Waals surface area contributed by atoms with Crippen molar-refractivity contribution >= 4 is 21.7 Å². The number of rotatable bonds is 7. The van der Waals surface area contributed by atoms with E-state index in [2.05, 4.69) is 15.9 Å². The SMILES string of the molecule is COC(C)(C)CCOCC(=O)c1ccccc1Br. The van der Waals surface area contributed by atoms with E-state index in [4.69, 9.17) is 9.47 Å². The minimum Gasteiger partial charge on any atom is -0.379 e. The average molecular weight is 315 g/mol. The number of ketones is 1. The molecule has 3 nitrogen and oxygen atoms in total. The highest BCUT2D eigenvalue weighted by Crippen LogP contribution is 2.17. The lowest BCUT2D eigenvalue weighted by molar-refractivity contribution is -0.00837. The van der Waals surface area contributed by atoms with E-state index in [1.165, 1.54) is 0 Å². The van der Waals surface area contributed by atoms with Crippen LogP contribution in [0.5, 0.6) is 0 Å². The zero-order chi connectivity index (χ0) is 13.6. The maximum atomic E-state index is 11.9. The number of hydrogen-bond acceptors (Lipinski definition) is 3. The van der Waals surface area contributed by atoms with Gasteiger partial charge in [-0.2, -0.15) is 0 Å². The Labute approximate surface area is 117 Å². The van der Waals surface area contributed by atoms with E-state index in [0.717, 1.165) is 10.9 Å². The Balaban J connectivity index is 2.37. The third-order valence-corrected chi connectivity index (χ3v) is 3.50. The molecule has 18 heavy (non-hydrogen) atoms. The van der Waals surface area contributed by atoms with Crippen molar-refractivity contribution < 1.29 is 14.3 Å². The van der Waals surface area contributed by atoms with Gasteiger partial charge in [-0.1, -0.05) is 34.1 Å². The van der Waals surface area contributed by atoms with Gasteiger partial charge in [0.2, 0.25) is 0 Å². The lowest BCUT2D eigenvalue weighted by Gasteiger charge is -2.22. The van der Waals surface area contributed by atoms with Crippen LogP contribution in [0.25, 0.3) is 0 Å². The molecule has 0 unspecified atom stereocenters. The van der Waals surface area contributed by atoms with E-state index in [0.29, 0.717) is 12.2 Å². The third kappa shape index (κ3) is 4.88. The molecule has 1 aromatic rings. The van der Waals surface area contributed by atoms with Crippen LogP contribution in [0.1, 0.15) is 30.6 Å². The monoisotopic (exact) mass is 314 g/mol. The topological polar surface area (TPSA) is 35.5 Å². The minimum absolute atomic E-state index is 0.0160. The summed E-state index contributed by atoms with van der Waals surface area (Å²) in [5.41, 5.74) is 0.444. The highest BCUT2D eigenvalue weighted by atomic mass is 79.9. The molecule has 0 atom stereocenters. The van der Waals surface area contributed by atoms with Gasteiger partial charge >= 0.3 is 0 Å². The van der Waals surface area contributed by atoms with E-state index in [9.17, 15) is 4.79 Å². The lowest BCUT2D eigenvalue weighted by atomic mass is 10.1. The average Bonchev–Trinajstić information content (AvgIpc) is 2.35. The fraction of sp³-hybridized carbons (Fsp3) is 0.500. The first-order valence-corrected chi connectivity index (χ1v) is 6.66. The number of Topliss-reactive ketones (excluding diaryl/α,β-unsaturated/α-hetero) is 1. The van der Waals surface area contributed by atoms with Crippen LogP contribution in [-0.2, 0) is 9.47 Å². The molecule has 0 heterocycles. The Morgan fingerprint density at radius 1 is 1.33 bits per heavy atom. The van der Waals surface area contributed by atoms with Crippen molar-refractivity contribution in [3.8, 4) is 0 Å². The molecule has 0 bridgehead atoms. The van der Waals surface area contributed by atoms with Gasteiger partial charge in [-0.15, -0.1) is 0 Å². The molecule has 0 N–H and O–H groups in total. The molecule has 0 aliphatic rings. The molecule has 0 aliphatic carbocycles. The van der Waals surface area contributed by atoms with Gasteiger partial charge < -0.3 is 9.47 Å². The van der Waals surface area contributed by atoms with Gasteiger partial charge in [0.1, 0.15) is 6.61 Å². The quantitative estimate of drug-likeness (QED) is 0.571. The first-order chi connectivity index (χ1) is 8.46. The van der Waals surface area contributed by atoms with Crippen molar-refractivity contribution in [2.24, 2.45) is 0 Å². The van der Waals surface area contributed by atoms with Crippen LogP contribution in [0.3, 0.4) is 0 Å².